The summed E-state index contributed by atoms with van der Waals surface area (Å²) in [4.78, 5) is 18.5. The van der Waals surface area contributed by atoms with Crippen LogP contribution in [0, 0.1) is 11.8 Å². The van der Waals surface area contributed by atoms with Gasteiger partial charge in [0.25, 0.3) is 5.91 Å². The molecular weight excluding hydrogens is 330 g/mol. The molecule has 0 spiro atoms. The summed E-state index contributed by atoms with van der Waals surface area (Å²) >= 11 is 1.73. The third-order valence-electron chi connectivity index (χ3n) is 5.91. The van der Waals surface area contributed by atoms with Crippen LogP contribution in [0.3, 0.4) is 0 Å². The Balaban J connectivity index is 1.58. The Morgan fingerprint density at radius 3 is 2.88 bits per heavy atom. The molecule has 1 amide bonds. The molecule has 1 fully saturated rings. The van der Waals surface area contributed by atoms with Crippen LogP contribution in [0.5, 0.6) is 0 Å². The van der Waals surface area contributed by atoms with Crippen molar-refractivity contribution in [2.75, 3.05) is 13.6 Å². The fourth-order valence-corrected chi connectivity index (χ4v) is 4.85. The van der Waals surface area contributed by atoms with E-state index >= 15 is 0 Å². The molecule has 136 valence electrons. The molecule has 1 unspecified atom stereocenters. The molecule has 0 saturated heterocycles. The average Bonchev–Trinajstić information content (AvgIpc) is 3.02. The van der Waals surface area contributed by atoms with Crippen LogP contribution in [0.4, 0.5) is 0 Å². The second-order valence-electron chi connectivity index (χ2n) is 7.71. The van der Waals surface area contributed by atoms with E-state index in [1.807, 2.05) is 12.1 Å². The normalized spacial score (nSPS) is 26.3. The van der Waals surface area contributed by atoms with Gasteiger partial charge < -0.3 is 10.2 Å². The monoisotopic (exact) mass is 360 g/mol. The van der Waals surface area contributed by atoms with Crippen LogP contribution >= 0.6 is 11.3 Å². The van der Waals surface area contributed by atoms with Crippen molar-refractivity contribution in [3.63, 3.8) is 0 Å². The molecule has 0 bridgehead atoms. The van der Waals surface area contributed by atoms with E-state index in [1.165, 1.54) is 22.4 Å². The highest BCUT2D eigenvalue weighted by Crippen LogP contribution is 2.29. The number of likely N-dealkylation sites (N-methyl/N-ethyl adjacent to an activating group) is 1. The number of aromatic nitrogens is 1. The van der Waals surface area contributed by atoms with Gasteiger partial charge in [0.05, 0.1) is 17.3 Å². The Hall–Kier alpha value is -1.46. The molecule has 5 atom stereocenters. The quantitative estimate of drug-likeness (QED) is 0.861. The first-order valence-electron chi connectivity index (χ1n) is 9.43. The second kappa shape index (κ2) is 7.83. The zero-order valence-electron chi connectivity index (χ0n) is 15.7. The van der Waals surface area contributed by atoms with E-state index in [4.69, 9.17) is 4.98 Å². The third kappa shape index (κ3) is 4.21. The largest absolute Gasteiger partial charge is 0.348 e. The molecule has 1 aromatic carbocycles. The minimum atomic E-state index is 0.163. The van der Waals surface area contributed by atoms with Crippen molar-refractivity contribution in [2.24, 2.45) is 11.8 Å². The first-order valence-corrected chi connectivity index (χ1v) is 10.2. The number of hydrogen-bond donors (Lipinski definition) is 2. The van der Waals surface area contributed by atoms with Gasteiger partial charge in [-0.3, -0.25) is 4.79 Å². The summed E-state index contributed by atoms with van der Waals surface area (Å²) in [6.45, 7) is 7.23. The maximum atomic E-state index is 12.5. The molecule has 3 rings (SSSR count). The number of para-hydroxylation sites is 1. The zero-order valence-corrected chi connectivity index (χ0v) is 16.5. The van der Waals surface area contributed by atoms with Gasteiger partial charge in [-0.1, -0.05) is 38.8 Å². The topological polar surface area (TPSA) is 46.4 Å². The highest BCUT2D eigenvalue weighted by Gasteiger charge is 2.29. The molecule has 1 aromatic heterocycles. The molecule has 25 heavy (non-hydrogen) atoms. The summed E-state index contributed by atoms with van der Waals surface area (Å²) in [5, 5.41) is 4.39. The Labute approximate surface area is 154 Å². The van der Waals surface area contributed by atoms with Crippen LogP contribution < -0.4 is 10.2 Å². The Morgan fingerprint density at radius 1 is 1.36 bits per heavy atom. The maximum absolute atomic E-state index is 12.5. The van der Waals surface area contributed by atoms with E-state index in [9.17, 15) is 4.79 Å². The van der Waals surface area contributed by atoms with Crippen LogP contribution in [-0.4, -0.2) is 30.5 Å². The van der Waals surface area contributed by atoms with Gasteiger partial charge >= 0.3 is 0 Å². The second-order valence-corrected chi connectivity index (χ2v) is 8.77. The molecule has 2 aromatic rings. The van der Waals surface area contributed by atoms with E-state index < -0.39 is 0 Å². The number of nitrogens with one attached hydrogen (secondary N) is 2. The molecule has 5 heteroatoms. The molecular formula is C20H30N3OS+. The van der Waals surface area contributed by atoms with E-state index in [0.717, 1.165) is 16.9 Å². The van der Waals surface area contributed by atoms with Gasteiger partial charge in [0.15, 0.2) is 11.6 Å². The molecule has 1 aliphatic carbocycles. The highest BCUT2D eigenvalue weighted by molar-refractivity contribution is 7.18. The van der Waals surface area contributed by atoms with Crippen molar-refractivity contribution in [3.8, 4) is 0 Å². The summed E-state index contributed by atoms with van der Waals surface area (Å²) in [6, 6.07) is 8.78. The van der Waals surface area contributed by atoms with Crippen molar-refractivity contribution in [2.45, 2.75) is 52.1 Å². The van der Waals surface area contributed by atoms with Crippen LogP contribution in [0.25, 0.3) is 10.2 Å². The fourth-order valence-electron chi connectivity index (χ4n) is 3.74. The van der Waals surface area contributed by atoms with Gasteiger partial charge in [-0.05, 0) is 37.3 Å². The third-order valence-corrected chi connectivity index (χ3v) is 7.13. The SMILES string of the molecule is C[C@@H]1[C@H](C)CCC[C@H]1NC(=O)C[NH+](C)[C@@H](C)c1nc2ccccc2s1. The summed E-state index contributed by atoms with van der Waals surface area (Å²) < 4.78 is 1.21. The van der Waals surface area contributed by atoms with Crippen LogP contribution in [-0.2, 0) is 4.79 Å². The fraction of sp³-hybridized carbons (Fsp3) is 0.600. The number of rotatable bonds is 5. The summed E-state index contributed by atoms with van der Waals surface area (Å²) in [5.74, 6) is 1.43. The summed E-state index contributed by atoms with van der Waals surface area (Å²) in [7, 11) is 2.09. The zero-order chi connectivity index (χ0) is 18.0. The standard InChI is InChI=1S/C20H29N3OS/c1-13-8-7-10-16(14(13)2)21-19(24)12-23(4)15(3)20-22-17-9-5-6-11-18(17)25-20/h5-6,9,11,13-16H,7-8,10,12H2,1-4H3,(H,21,24)/p+1/t13-,14-,15+,16-/m1/s1. The Morgan fingerprint density at radius 2 is 2.12 bits per heavy atom. The Kier molecular flexibility index (Phi) is 5.74. The van der Waals surface area contributed by atoms with E-state index in [0.29, 0.717) is 24.4 Å². The number of thiazole rings is 1. The minimum absolute atomic E-state index is 0.163. The minimum Gasteiger partial charge on any atom is -0.348 e. The first kappa shape index (κ1) is 18.3. The first-order chi connectivity index (χ1) is 12.0. The number of carbonyl (C=O) groups is 1. The van der Waals surface area contributed by atoms with Crippen LogP contribution in [0.15, 0.2) is 24.3 Å². The number of amides is 1. The molecule has 1 aliphatic rings. The van der Waals surface area contributed by atoms with E-state index in [2.05, 4.69) is 45.3 Å². The van der Waals surface area contributed by atoms with Crippen molar-refractivity contribution >= 4 is 27.5 Å². The maximum Gasteiger partial charge on any atom is 0.275 e. The molecule has 0 aliphatic heterocycles. The summed E-state index contributed by atoms with van der Waals surface area (Å²) in [6.07, 6.45) is 3.62. The van der Waals surface area contributed by atoms with Crippen molar-refractivity contribution in [1.82, 2.24) is 10.3 Å². The molecule has 0 radical (unpaired) electrons. The van der Waals surface area contributed by atoms with Gasteiger partial charge in [-0.2, -0.15) is 0 Å². The smallest absolute Gasteiger partial charge is 0.275 e. The van der Waals surface area contributed by atoms with Crippen molar-refractivity contribution in [1.29, 1.82) is 0 Å². The van der Waals surface area contributed by atoms with Gasteiger partial charge in [0, 0.05) is 6.04 Å². The number of benzene rings is 1. The van der Waals surface area contributed by atoms with Gasteiger partial charge in [-0.25, -0.2) is 4.98 Å². The number of quaternary nitrogens is 1. The number of hydrogen-bond acceptors (Lipinski definition) is 3. The van der Waals surface area contributed by atoms with E-state index in [-0.39, 0.29) is 11.9 Å². The summed E-state index contributed by atoms with van der Waals surface area (Å²) in [5.41, 5.74) is 1.05. The lowest BCUT2D eigenvalue weighted by molar-refractivity contribution is -0.902. The Bertz CT molecular complexity index is 696. The van der Waals surface area contributed by atoms with Crippen molar-refractivity contribution < 1.29 is 9.69 Å². The number of fused-ring (bicyclic) bond motifs is 1. The molecule has 2 N–H and O–H groups in total. The lowest BCUT2D eigenvalue weighted by atomic mass is 9.78. The lowest BCUT2D eigenvalue weighted by Crippen LogP contribution is -3.10. The van der Waals surface area contributed by atoms with Gasteiger partial charge in [0.1, 0.15) is 6.04 Å². The molecule has 4 nitrogen and oxygen atoms in total. The highest BCUT2D eigenvalue weighted by atomic mass is 32.1. The van der Waals surface area contributed by atoms with Gasteiger partial charge in [0.2, 0.25) is 0 Å². The number of carbonyl (C=O) groups excluding carboxylic acids is 1. The molecule has 1 heterocycles. The molecule has 1 saturated carbocycles. The van der Waals surface area contributed by atoms with Crippen molar-refractivity contribution in [3.05, 3.63) is 29.3 Å². The lowest BCUT2D eigenvalue weighted by Gasteiger charge is -2.34. The van der Waals surface area contributed by atoms with Gasteiger partial charge in [-0.15, -0.1) is 11.3 Å². The van der Waals surface area contributed by atoms with Crippen LogP contribution in [0.2, 0.25) is 0 Å². The van der Waals surface area contributed by atoms with Crippen LogP contribution in [0.1, 0.15) is 51.1 Å². The van der Waals surface area contributed by atoms with E-state index in [1.54, 1.807) is 11.3 Å². The number of nitrogens with zero attached hydrogens (tertiary/aromatic N) is 1. The predicted molar refractivity (Wildman–Crippen MR) is 104 cm³/mol. The average molecular weight is 361 g/mol. The predicted octanol–water partition coefficient (Wildman–Crippen LogP) is 2.81.